The van der Waals surface area contributed by atoms with Crippen molar-refractivity contribution in [1.82, 2.24) is 47.9 Å². The molecule has 0 aliphatic heterocycles. The van der Waals surface area contributed by atoms with Gasteiger partial charge in [-0.25, -0.2) is 4.79 Å². The van der Waals surface area contributed by atoms with Gasteiger partial charge in [0, 0.05) is 25.9 Å². The number of nitrogens with zero attached hydrogens (tertiary/aromatic N) is 2. The van der Waals surface area contributed by atoms with E-state index in [2.05, 4.69) is 57.8 Å². The molecule has 0 aliphatic rings. The second kappa shape index (κ2) is 38.3. The summed E-state index contributed by atoms with van der Waals surface area (Å²) in [5.41, 5.74) is 33.5. The van der Waals surface area contributed by atoms with Crippen molar-refractivity contribution in [3.8, 4) is 5.75 Å². The molecule has 0 bridgehead atoms. The van der Waals surface area contributed by atoms with Gasteiger partial charge >= 0.3 is 11.9 Å². The summed E-state index contributed by atoms with van der Waals surface area (Å²) >= 11 is 0. The molecule has 0 spiro atoms. The Morgan fingerprint density at radius 1 is 0.530 bits per heavy atom. The molecule has 9 amide bonds. The fraction of sp³-hybridized carbons (Fsp3) is 0.612. The molecule has 466 valence electrons. The van der Waals surface area contributed by atoms with E-state index in [0.29, 0.717) is 18.4 Å². The average Bonchev–Trinajstić information content (AvgIpc) is 3.46. The number of nitrogens with two attached hydrogens (primary N) is 6. The Bertz CT molecular complexity index is 2390. The van der Waals surface area contributed by atoms with Crippen molar-refractivity contribution in [1.29, 1.82) is 0 Å². The fourth-order valence-electron chi connectivity index (χ4n) is 7.51. The first-order valence-electron chi connectivity index (χ1n) is 26.4. The Balaban J connectivity index is 3.23. The summed E-state index contributed by atoms with van der Waals surface area (Å²) in [4.78, 5) is 152. The topological polar surface area (TPSA) is 598 Å². The number of carboxylic acid groups (broad SMARTS) is 2. The number of nitrogens with one attached hydrogen (secondary N) is 9. The smallest absolute Gasteiger partial charge is 0.326 e. The molecule has 1 aromatic rings. The Morgan fingerprint density at radius 3 is 1.49 bits per heavy atom. The third-order valence-electron chi connectivity index (χ3n) is 12.1. The first-order chi connectivity index (χ1) is 39.0. The van der Waals surface area contributed by atoms with Gasteiger partial charge in [-0.15, -0.1) is 0 Å². The van der Waals surface area contributed by atoms with Crippen molar-refractivity contribution < 1.29 is 83.4 Å². The van der Waals surface area contributed by atoms with Crippen LogP contribution in [0.25, 0.3) is 0 Å². The molecular weight excluding hydrogens is 1100 g/mol. The number of aromatic hydroxyl groups is 1. The molecule has 27 N–H and O–H groups in total. The second-order valence-corrected chi connectivity index (χ2v) is 19.4. The quantitative estimate of drug-likeness (QED) is 0.0165. The number of amides is 9. The van der Waals surface area contributed by atoms with Crippen LogP contribution in [0.1, 0.15) is 84.1 Å². The van der Waals surface area contributed by atoms with Crippen LogP contribution in [-0.2, 0) is 59.2 Å². The number of hydrogen-bond donors (Lipinski definition) is 21. The molecule has 34 heteroatoms. The molecule has 34 nitrogen and oxygen atoms in total. The molecule has 1 rings (SSSR count). The summed E-state index contributed by atoms with van der Waals surface area (Å²) in [6, 6.07) is -8.52. The molecule has 0 unspecified atom stereocenters. The molecular formula is C49H83N17O17. The van der Waals surface area contributed by atoms with Gasteiger partial charge in [0.05, 0.1) is 31.9 Å². The number of hydrogen-bond acceptors (Lipinski definition) is 19. The van der Waals surface area contributed by atoms with Gasteiger partial charge in [-0.3, -0.25) is 57.9 Å². The number of aliphatic carboxylic acids is 2. The van der Waals surface area contributed by atoms with Gasteiger partial charge in [0.15, 0.2) is 11.9 Å². The number of carbonyl (C=O) groups is 11. The number of aliphatic hydroxyl groups excluding tert-OH is 3. The average molecular weight is 1180 g/mol. The number of aliphatic imine (C=N–C) groups is 2. The molecule has 0 saturated heterocycles. The van der Waals surface area contributed by atoms with Crippen LogP contribution < -0.4 is 82.3 Å². The van der Waals surface area contributed by atoms with Crippen molar-refractivity contribution in [2.24, 2.45) is 50.3 Å². The standard InChI is InChI=1S/C49H83N17O17/c1-24(2)37(45(80)63-32(20-26-11-13-27(70)14-12-26)43(78)62-31(47(82)83)15-16-36(72)73)65-44(79)34(23-68)59-35(71)21-58-40(75)33(22-67)64-42(77)30(10-7-19-57-49(54)55)60-41(76)29(9-4-5-17-50)61-46(81)38(25(3)69)66-39(74)28(51)8-6-18-56-48(52)53/h11-14,24-25,28-34,37-38,67-70H,4-10,15-23,50-51H2,1-3H3,(H,58,75)(H,59,71)(H,60,76)(H,61,81)(H,62,78)(H,63,80)(H,64,77)(H,65,79)(H,66,74)(H,72,73)(H,82,83)(H4,52,53,56)(H4,54,55,57)/t25-,28+,29+,30+,31+,32+,33+,34+,37+,38+/m1/s1. The van der Waals surface area contributed by atoms with E-state index in [9.17, 15) is 78.3 Å². The maximum atomic E-state index is 13.9. The van der Waals surface area contributed by atoms with E-state index < -0.39 is 164 Å². The highest BCUT2D eigenvalue weighted by molar-refractivity contribution is 5.98. The zero-order chi connectivity index (χ0) is 62.9. The molecule has 0 aliphatic carbocycles. The van der Waals surface area contributed by atoms with Crippen LogP contribution in [0.2, 0.25) is 0 Å². The first kappa shape index (κ1) is 72.5. The van der Waals surface area contributed by atoms with Crippen molar-refractivity contribution >= 4 is 77.0 Å². The molecule has 0 aromatic heterocycles. The molecule has 0 radical (unpaired) electrons. The van der Waals surface area contributed by atoms with Gasteiger partial charge in [0.1, 0.15) is 54.1 Å². The third kappa shape index (κ3) is 28.7. The number of phenols is 1. The van der Waals surface area contributed by atoms with E-state index >= 15 is 0 Å². The van der Waals surface area contributed by atoms with Crippen molar-refractivity contribution in [2.75, 3.05) is 39.4 Å². The summed E-state index contributed by atoms with van der Waals surface area (Å²) in [7, 11) is 0. The molecule has 1 aromatic carbocycles. The maximum Gasteiger partial charge on any atom is 0.326 e. The molecule has 83 heavy (non-hydrogen) atoms. The van der Waals surface area contributed by atoms with Crippen molar-refractivity contribution in [2.45, 2.75) is 145 Å². The van der Waals surface area contributed by atoms with Crippen LogP contribution in [0.4, 0.5) is 0 Å². The predicted octanol–water partition coefficient (Wildman–Crippen LogP) is -8.54. The van der Waals surface area contributed by atoms with Crippen LogP contribution in [0.15, 0.2) is 34.3 Å². The number of carbonyl (C=O) groups excluding carboxylic acids is 9. The second-order valence-electron chi connectivity index (χ2n) is 19.4. The Labute approximate surface area is 477 Å². The number of guanidine groups is 2. The Morgan fingerprint density at radius 2 is 0.988 bits per heavy atom. The van der Waals surface area contributed by atoms with Crippen LogP contribution in [0, 0.1) is 5.92 Å². The van der Waals surface area contributed by atoms with E-state index in [1.807, 2.05) is 0 Å². The lowest BCUT2D eigenvalue weighted by molar-refractivity contribution is -0.143. The van der Waals surface area contributed by atoms with E-state index in [1.54, 1.807) is 0 Å². The summed E-state index contributed by atoms with van der Waals surface area (Å²) in [5.74, 6) is -13.4. The van der Waals surface area contributed by atoms with Gasteiger partial charge in [0.2, 0.25) is 53.2 Å². The normalized spacial score (nSPS) is 14.6. The number of unbranched alkanes of at least 4 members (excludes halogenated alkanes) is 1. The van der Waals surface area contributed by atoms with Gasteiger partial charge in [-0.1, -0.05) is 26.0 Å². The Kier molecular flexibility index (Phi) is 33.5. The van der Waals surface area contributed by atoms with Crippen molar-refractivity contribution in [3.63, 3.8) is 0 Å². The van der Waals surface area contributed by atoms with Crippen LogP contribution in [0.3, 0.4) is 0 Å². The fourth-order valence-corrected chi connectivity index (χ4v) is 7.51. The SMILES string of the molecule is CC(C)[C@H](NC(=O)[C@H](CO)NC(=O)CNC(=O)[C@H](CO)NC(=O)[C@H](CCCN=C(N)N)NC(=O)[C@H](CCCCN)NC(=O)[C@@H](NC(=O)[C@@H](N)CCCN=C(N)N)[C@@H](C)O)C(=O)N[C@@H](Cc1ccc(O)cc1)C(=O)N[C@@H](CCC(=O)O)C(=O)O. The van der Waals surface area contributed by atoms with E-state index in [0.717, 1.165) is 0 Å². The number of rotatable bonds is 40. The largest absolute Gasteiger partial charge is 0.508 e. The van der Waals surface area contributed by atoms with Gasteiger partial charge in [0.25, 0.3) is 0 Å². The van der Waals surface area contributed by atoms with Gasteiger partial charge in [-0.05, 0) is 88.4 Å². The predicted molar refractivity (Wildman–Crippen MR) is 296 cm³/mol. The summed E-state index contributed by atoms with van der Waals surface area (Å²) < 4.78 is 0. The summed E-state index contributed by atoms with van der Waals surface area (Å²) in [6.45, 7) is 1.47. The highest BCUT2D eigenvalue weighted by Crippen LogP contribution is 2.14. The van der Waals surface area contributed by atoms with Crippen LogP contribution in [-0.4, -0.2) is 208 Å². The van der Waals surface area contributed by atoms with E-state index in [1.165, 1.54) is 45.0 Å². The lowest BCUT2D eigenvalue weighted by atomic mass is 10.00. The molecule has 0 fully saturated rings. The monoisotopic (exact) mass is 1180 g/mol. The zero-order valence-corrected chi connectivity index (χ0v) is 46.5. The summed E-state index contributed by atoms with van der Waals surface area (Å²) in [5, 5.41) is 80.2. The Hall–Kier alpha value is -8.47. The number of carboxylic acids is 2. The summed E-state index contributed by atoms with van der Waals surface area (Å²) in [6.07, 6.45) is -2.05. The van der Waals surface area contributed by atoms with Gasteiger partial charge < -0.3 is 113 Å². The highest BCUT2D eigenvalue weighted by atomic mass is 16.4. The minimum absolute atomic E-state index is 0.0430. The molecule has 0 saturated carbocycles. The molecule has 0 heterocycles. The van der Waals surface area contributed by atoms with Crippen molar-refractivity contribution in [3.05, 3.63) is 29.8 Å². The third-order valence-corrected chi connectivity index (χ3v) is 12.1. The highest BCUT2D eigenvalue weighted by Gasteiger charge is 2.36. The van der Waals surface area contributed by atoms with E-state index in [-0.39, 0.29) is 75.8 Å². The van der Waals surface area contributed by atoms with Gasteiger partial charge in [-0.2, -0.15) is 0 Å². The minimum Gasteiger partial charge on any atom is -0.508 e. The van der Waals surface area contributed by atoms with Crippen LogP contribution >= 0.6 is 0 Å². The van der Waals surface area contributed by atoms with Crippen LogP contribution in [0.5, 0.6) is 5.75 Å². The number of benzene rings is 1. The zero-order valence-electron chi connectivity index (χ0n) is 46.5. The lowest BCUT2D eigenvalue weighted by Crippen LogP contribution is -2.61. The lowest BCUT2D eigenvalue weighted by Gasteiger charge is -2.27. The number of aliphatic hydroxyl groups is 3. The maximum absolute atomic E-state index is 13.9. The first-order valence-corrected chi connectivity index (χ1v) is 26.4. The number of phenolic OH excluding ortho intramolecular Hbond substituents is 1. The molecule has 10 atom stereocenters. The minimum atomic E-state index is -1.79. The van der Waals surface area contributed by atoms with E-state index in [4.69, 9.17) is 39.5 Å².